The number of aryl methyl sites for hydroxylation is 4. The van der Waals surface area contributed by atoms with E-state index in [0.29, 0.717) is 0 Å². The summed E-state index contributed by atoms with van der Waals surface area (Å²) < 4.78 is 6.40. The predicted octanol–water partition coefficient (Wildman–Crippen LogP) is 9.08. The maximum atomic E-state index is 4.74. The summed E-state index contributed by atoms with van der Waals surface area (Å²) in [5, 5.41) is 11.5. The van der Waals surface area contributed by atoms with Crippen LogP contribution in [-0.2, 0) is 19.3 Å². The SMILES string of the molecule is CCc1cccc(-n2ncc(CC)c2-c2cc3cnccc3s2)n1.CCc1cnn(-c2cccc(C)n2)c1-c1cc2cnccc2s1. The lowest BCUT2D eigenvalue weighted by Gasteiger charge is -2.08. The Morgan fingerprint density at radius 3 is 1.62 bits per heavy atom. The molecule has 0 aromatic carbocycles. The van der Waals surface area contributed by atoms with Gasteiger partial charge >= 0.3 is 0 Å². The fraction of sp³-hybridized carbons (Fsp3) is 0.189. The van der Waals surface area contributed by atoms with Crippen LogP contribution in [0.15, 0.2) is 97.8 Å². The van der Waals surface area contributed by atoms with Crippen molar-refractivity contribution in [2.45, 2.75) is 47.0 Å². The molecule has 0 unspecified atom stereocenters. The number of nitrogens with zero attached hydrogens (tertiary/aromatic N) is 8. The van der Waals surface area contributed by atoms with E-state index < -0.39 is 0 Å². The van der Waals surface area contributed by atoms with Crippen molar-refractivity contribution >= 4 is 42.8 Å². The largest absolute Gasteiger partial charge is 0.264 e. The molecule has 10 heteroatoms. The Labute approximate surface area is 281 Å². The number of fused-ring (bicyclic) bond motifs is 2. The fourth-order valence-corrected chi connectivity index (χ4v) is 7.78. The molecule has 8 aromatic rings. The highest BCUT2D eigenvalue weighted by molar-refractivity contribution is 7.22. The third-order valence-corrected chi connectivity index (χ3v) is 10.3. The summed E-state index contributed by atoms with van der Waals surface area (Å²) in [5.74, 6) is 1.73. The van der Waals surface area contributed by atoms with Crippen LogP contribution in [0.3, 0.4) is 0 Å². The zero-order valence-corrected chi connectivity index (χ0v) is 28.4. The maximum absolute atomic E-state index is 4.74. The molecule has 0 radical (unpaired) electrons. The molecule has 0 saturated carbocycles. The van der Waals surface area contributed by atoms with Crippen LogP contribution in [0.25, 0.3) is 53.0 Å². The quantitative estimate of drug-likeness (QED) is 0.170. The van der Waals surface area contributed by atoms with Gasteiger partial charge in [-0.3, -0.25) is 9.97 Å². The summed E-state index contributed by atoms with van der Waals surface area (Å²) in [5.41, 5.74) is 6.80. The van der Waals surface area contributed by atoms with E-state index in [-0.39, 0.29) is 0 Å². The van der Waals surface area contributed by atoms with Crippen LogP contribution < -0.4 is 0 Å². The van der Waals surface area contributed by atoms with Crippen molar-refractivity contribution in [3.63, 3.8) is 0 Å². The molecule has 0 fully saturated rings. The van der Waals surface area contributed by atoms with Crippen molar-refractivity contribution in [2.24, 2.45) is 0 Å². The zero-order valence-electron chi connectivity index (χ0n) is 26.8. The van der Waals surface area contributed by atoms with Gasteiger partial charge in [0.2, 0.25) is 0 Å². The van der Waals surface area contributed by atoms with Gasteiger partial charge in [-0.1, -0.05) is 32.9 Å². The van der Waals surface area contributed by atoms with Crippen LogP contribution in [0, 0.1) is 6.92 Å². The second kappa shape index (κ2) is 13.4. The number of pyridine rings is 4. The number of thiophene rings is 2. The first kappa shape index (κ1) is 30.6. The van der Waals surface area contributed by atoms with Gasteiger partial charge in [0.25, 0.3) is 0 Å². The Morgan fingerprint density at radius 1 is 0.596 bits per heavy atom. The molecule has 0 bridgehead atoms. The highest BCUT2D eigenvalue weighted by Crippen LogP contribution is 2.37. The van der Waals surface area contributed by atoms with E-state index in [1.807, 2.05) is 83.8 Å². The van der Waals surface area contributed by atoms with E-state index in [1.165, 1.54) is 41.1 Å². The number of hydrogen-bond acceptors (Lipinski definition) is 8. The van der Waals surface area contributed by atoms with Crippen LogP contribution in [-0.4, -0.2) is 39.5 Å². The monoisotopic (exact) mass is 654 g/mol. The molecule has 0 amide bonds. The Kier molecular flexibility index (Phi) is 8.69. The van der Waals surface area contributed by atoms with Gasteiger partial charge in [-0.25, -0.2) is 19.3 Å². The lowest BCUT2D eigenvalue weighted by molar-refractivity contribution is 0.840. The van der Waals surface area contributed by atoms with Gasteiger partial charge in [-0.15, -0.1) is 22.7 Å². The van der Waals surface area contributed by atoms with Crippen LogP contribution in [0.1, 0.15) is 43.3 Å². The second-order valence-corrected chi connectivity index (χ2v) is 13.3. The summed E-state index contributed by atoms with van der Waals surface area (Å²) in [7, 11) is 0. The summed E-state index contributed by atoms with van der Waals surface area (Å²) in [6, 6.07) is 20.6. The van der Waals surface area contributed by atoms with E-state index in [1.54, 1.807) is 22.7 Å². The Morgan fingerprint density at radius 2 is 1.13 bits per heavy atom. The molecule has 234 valence electrons. The summed E-state index contributed by atoms with van der Waals surface area (Å²) in [6.07, 6.45) is 14.2. The van der Waals surface area contributed by atoms with Gasteiger partial charge in [0.05, 0.1) is 33.5 Å². The van der Waals surface area contributed by atoms with Crippen molar-refractivity contribution in [1.82, 2.24) is 39.5 Å². The van der Waals surface area contributed by atoms with Crippen LogP contribution in [0.5, 0.6) is 0 Å². The van der Waals surface area contributed by atoms with Gasteiger partial charge < -0.3 is 0 Å². The number of aromatic nitrogens is 8. The van der Waals surface area contributed by atoms with Crippen molar-refractivity contribution in [2.75, 3.05) is 0 Å². The van der Waals surface area contributed by atoms with E-state index in [9.17, 15) is 0 Å². The smallest absolute Gasteiger partial charge is 0.154 e. The minimum atomic E-state index is 0.857. The first-order valence-corrected chi connectivity index (χ1v) is 17.4. The molecule has 0 aliphatic rings. The average Bonchev–Trinajstić information content (AvgIpc) is 3.91. The van der Waals surface area contributed by atoms with Crippen LogP contribution in [0.4, 0.5) is 0 Å². The zero-order chi connectivity index (χ0) is 32.3. The van der Waals surface area contributed by atoms with Crippen molar-refractivity contribution < 1.29 is 0 Å². The van der Waals surface area contributed by atoms with Crippen molar-refractivity contribution in [3.8, 4) is 32.8 Å². The van der Waals surface area contributed by atoms with Crippen molar-refractivity contribution in [3.05, 3.63) is 120 Å². The number of rotatable bonds is 7. The molecule has 0 aliphatic heterocycles. The third-order valence-electron chi connectivity index (χ3n) is 8.01. The summed E-state index contributed by atoms with van der Waals surface area (Å²) in [4.78, 5) is 20.2. The molecule has 0 saturated heterocycles. The number of hydrogen-bond donors (Lipinski definition) is 0. The minimum Gasteiger partial charge on any atom is -0.264 e. The van der Waals surface area contributed by atoms with Gasteiger partial charge in [-0.2, -0.15) is 10.2 Å². The predicted molar refractivity (Wildman–Crippen MR) is 193 cm³/mol. The average molecular weight is 655 g/mol. The molecule has 0 atom stereocenters. The lowest BCUT2D eigenvalue weighted by atomic mass is 10.1. The maximum Gasteiger partial charge on any atom is 0.154 e. The highest BCUT2D eigenvalue weighted by atomic mass is 32.1. The van der Waals surface area contributed by atoms with Gasteiger partial charge in [0, 0.05) is 56.3 Å². The molecule has 8 nitrogen and oxygen atoms in total. The minimum absolute atomic E-state index is 0.857. The van der Waals surface area contributed by atoms with Crippen LogP contribution in [0.2, 0.25) is 0 Å². The van der Waals surface area contributed by atoms with E-state index >= 15 is 0 Å². The molecule has 8 heterocycles. The molecule has 0 spiro atoms. The van der Waals surface area contributed by atoms with E-state index in [0.717, 1.165) is 53.7 Å². The molecular formula is C37H34N8S2. The van der Waals surface area contributed by atoms with Crippen LogP contribution >= 0.6 is 22.7 Å². The second-order valence-electron chi connectivity index (χ2n) is 11.1. The molecule has 0 aliphatic carbocycles. The third kappa shape index (κ3) is 6.09. The van der Waals surface area contributed by atoms with Gasteiger partial charge in [0.15, 0.2) is 11.6 Å². The Bertz CT molecular complexity index is 2240. The molecule has 47 heavy (non-hydrogen) atoms. The highest BCUT2D eigenvalue weighted by Gasteiger charge is 2.18. The Balaban J connectivity index is 0.000000150. The normalized spacial score (nSPS) is 11.2. The summed E-state index contributed by atoms with van der Waals surface area (Å²) >= 11 is 3.54. The Hall–Kier alpha value is -5.06. The van der Waals surface area contributed by atoms with Gasteiger partial charge in [-0.05, 0) is 85.8 Å². The van der Waals surface area contributed by atoms with E-state index in [2.05, 4.69) is 76.3 Å². The fourth-order valence-electron chi connectivity index (χ4n) is 5.59. The lowest BCUT2D eigenvalue weighted by Crippen LogP contribution is -2.03. The molecule has 8 rings (SSSR count). The molecule has 0 N–H and O–H groups in total. The first-order valence-electron chi connectivity index (χ1n) is 15.8. The van der Waals surface area contributed by atoms with Crippen molar-refractivity contribution in [1.29, 1.82) is 0 Å². The molecular weight excluding hydrogens is 621 g/mol. The summed E-state index contributed by atoms with van der Waals surface area (Å²) in [6.45, 7) is 8.43. The van der Waals surface area contributed by atoms with Gasteiger partial charge in [0.1, 0.15) is 0 Å². The topological polar surface area (TPSA) is 87.2 Å². The standard InChI is InChI=1S/C19H18N4S.C18H16N4S/c1-3-13-12-21-23(18-7-5-6-15(4-2)22-18)19(13)17-10-14-11-20-9-8-16(14)24-17;1-3-13-11-20-22(17-6-4-5-12(2)21-17)18(13)16-9-14-10-19-8-7-15(14)23-16/h5-12H,3-4H2,1-2H3;4-11H,3H2,1-2H3. The van der Waals surface area contributed by atoms with E-state index in [4.69, 9.17) is 4.98 Å². The molecule has 8 aromatic heterocycles. The first-order chi connectivity index (χ1) is 23.1.